The maximum Gasteiger partial charge on any atom is 0.120 e. The summed E-state index contributed by atoms with van der Waals surface area (Å²) in [5.74, 6) is 1.55. The zero-order chi connectivity index (χ0) is 18.2. The van der Waals surface area contributed by atoms with E-state index in [-0.39, 0.29) is 0 Å². The molecule has 4 nitrogen and oxygen atoms in total. The predicted molar refractivity (Wildman–Crippen MR) is 102 cm³/mol. The quantitative estimate of drug-likeness (QED) is 0.819. The van der Waals surface area contributed by atoms with Crippen molar-refractivity contribution < 1.29 is 9.47 Å². The molecule has 0 unspecified atom stereocenters. The SMILES string of the molecule is C[C@@H]1C[C@@H](CNCc2cccc(OCc3cccc(C#N)c3)c2)CCO1. The highest BCUT2D eigenvalue weighted by Crippen LogP contribution is 2.20. The van der Waals surface area contributed by atoms with Gasteiger partial charge in [-0.15, -0.1) is 0 Å². The first kappa shape index (κ1) is 18.4. The van der Waals surface area contributed by atoms with E-state index >= 15 is 0 Å². The molecule has 0 aromatic heterocycles. The third-order valence-corrected chi connectivity index (χ3v) is 4.72. The van der Waals surface area contributed by atoms with E-state index in [0.717, 1.165) is 43.9 Å². The van der Waals surface area contributed by atoms with E-state index in [9.17, 15) is 0 Å². The molecule has 1 aliphatic rings. The van der Waals surface area contributed by atoms with E-state index < -0.39 is 0 Å². The van der Waals surface area contributed by atoms with Crippen LogP contribution in [0.25, 0.3) is 0 Å². The highest BCUT2D eigenvalue weighted by molar-refractivity contribution is 5.33. The Balaban J connectivity index is 1.47. The Morgan fingerprint density at radius 1 is 1.19 bits per heavy atom. The van der Waals surface area contributed by atoms with Crippen LogP contribution in [-0.2, 0) is 17.9 Å². The van der Waals surface area contributed by atoms with Gasteiger partial charge in [-0.2, -0.15) is 5.26 Å². The Hall–Kier alpha value is -2.35. The largest absolute Gasteiger partial charge is 0.489 e. The maximum atomic E-state index is 8.97. The smallest absolute Gasteiger partial charge is 0.120 e. The van der Waals surface area contributed by atoms with Crippen LogP contribution < -0.4 is 10.1 Å². The molecule has 3 rings (SSSR count). The third-order valence-electron chi connectivity index (χ3n) is 4.72. The molecule has 1 fully saturated rings. The molecule has 2 atom stereocenters. The molecule has 4 heteroatoms. The molecule has 1 N–H and O–H groups in total. The van der Waals surface area contributed by atoms with Crippen molar-refractivity contribution in [1.82, 2.24) is 5.32 Å². The standard InChI is InChI=1S/C22H26N2O2/c1-17-10-20(8-9-25-17)15-24-14-19-5-3-7-22(12-19)26-16-21-6-2-4-18(11-21)13-23/h2-7,11-12,17,20,24H,8-10,14-16H2,1H3/t17-,20+/m1/s1. The Bertz CT molecular complexity index is 754. The summed E-state index contributed by atoms with van der Waals surface area (Å²) in [4.78, 5) is 0. The number of benzene rings is 2. The van der Waals surface area contributed by atoms with Crippen LogP contribution in [0.5, 0.6) is 5.75 Å². The number of nitrogens with one attached hydrogen (secondary N) is 1. The van der Waals surface area contributed by atoms with Crippen molar-refractivity contribution in [2.24, 2.45) is 5.92 Å². The van der Waals surface area contributed by atoms with Crippen LogP contribution in [0.3, 0.4) is 0 Å². The number of hydrogen-bond donors (Lipinski definition) is 1. The lowest BCUT2D eigenvalue weighted by atomic mass is 9.96. The van der Waals surface area contributed by atoms with Gasteiger partial charge in [0.25, 0.3) is 0 Å². The molecule has 136 valence electrons. The molecule has 2 aromatic carbocycles. The van der Waals surface area contributed by atoms with Crippen LogP contribution in [-0.4, -0.2) is 19.3 Å². The average Bonchev–Trinajstić information content (AvgIpc) is 2.67. The molecular formula is C22H26N2O2. The van der Waals surface area contributed by atoms with Gasteiger partial charge in [-0.1, -0.05) is 24.3 Å². The highest BCUT2D eigenvalue weighted by atomic mass is 16.5. The van der Waals surface area contributed by atoms with Crippen LogP contribution in [0, 0.1) is 17.2 Å². The lowest BCUT2D eigenvalue weighted by molar-refractivity contribution is 0.00289. The predicted octanol–water partition coefficient (Wildman–Crippen LogP) is 4.04. The van der Waals surface area contributed by atoms with Gasteiger partial charge in [0.1, 0.15) is 12.4 Å². The summed E-state index contributed by atoms with van der Waals surface area (Å²) in [6, 6.07) is 17.9. The fourth-order valence-corrected chi connectivity index (χ4v) is 3.34. The van der Waals surface area contributed by atoms with E-state index in [1.807, 2.05) is 30.3 Å². The first-order valence-electron chi connectivity index (χ1n) is 9.26. The van der Waals surface area contributed by atoms with E-state index in [1.54, 1.807) is 6.07 Å². The van der Waals surface area contributed by atoms with E-state index in [1.165, 1.54) is 5.56 Å². The Morgan fingerprint density at radius 2 is 2.04 bits per heavy atom. The monoisotopic (exact) mass is 350 g/mol. The molecule has 1 heterocycles. The molecule has 0 spiro atoms. The minimum absolute atomic E-state index is 0.381. The zero-order valence-corrected chi connectivity index (χ0v) is 15.3. The summed E-state index contributed by atoms with van der Waals surface area (Å²) in [5.41, 5.74) is 2.88. The van der Waals surface area contributed by atoms with E-state index in [0.29, 0.717) is 24.2 Å². The second-order valence-electron chi connectivity index (χ2n) is 6.95. The average molecular weight is 350 g/mol. The minimum Gasteiger partial charge on any atom is -0.489 e. The van der Waals surface area contributed by atoms with Crippen LogP contribution in [0.2, 0.25) is 0 Å². The fourth-order valence-electron chi connectivity index (χ4n) is 3.34. The van der Waals surface area contributed by atoms with Gasteiger partial charge < -0.3 is 14.8 Å². The second kappa shape index (κ2) is 9.38. The molecule has 0 aliphatic carbocycles. The minimum atomic E-state index is 0.381. The van der Waals surface area contributed by atoms with Gasteiger partial charge in [-0.25, -0.2) is 0 Å². The molecule has 0 saturated carbocycles. The number of ether oxygens (including phenoxy) is 2. The second-order valence-corrected chi connectivity index (χ2v) is 6.95. The topological polar surface area (TPSA) is 54.3 Å². The van der Waals surface area contributed by atoms with E-state index in [4.69, 9.17) is 14.7 Å². The Morgan fingerprint density at radius 3 is 2.88 bits per heavy atom. The zero-order valence-electron chi connectivity index (χ0n) is 15.3. The Labute approximate surface area is 155 Å². The summed E-state index contributed by atoms with van der Waals surface area (Å²) < 4.78 is 11.5. The van der Waals surface area contributed by atoms with Crippen molar-refractivity contribution in [3.05, 3.63) is 65.2 Å². The van der Waals surface area contributed by atoms with Gasteiger partial charge in [0.05, 0.1) is 17.7 Å². The van der Waals surface area contributed by atoms with Crippen molar-refractivity contribution in [2.45, 2.75) is 39.0 Å². The molecule has 0 bridgehead atoms. The van der Waals surface area contributed by atoms with Crippen LogP contribution >= 0.6 is 0 Å². The summed E-state index contributed by atoms with van der Waals surface area (Å²) in [6.45, 7) is 5.36. The summed E-state index contributed by atoms with van der Waals surface area (Å²) in [7, 11) is 0. The molecule has 0 amide bonds. The van der Waals surface area contributed by atoms with Crippen molar-refractivity contribution >= 4 is 0 Å². The van der Waals surface area contributed by atoms with Crippen LogP contribution in [0.15, 0.2) is 48.5 Å². The van der Waals surface area contributed by atoms with Gasteiger partial charge in [0, 0.05) is 13.2 Å². The summed E-state index contributed by atoms with van der Waals surface area (Å²) in [5, 5.41) is 12.5. The van der Waals surface area contributed by atoms with Crippen LogP contribution in [0.4, 0.5) is 0 Å². The third kappa shape index (κ3) is 5.59. The first-order chi connectivity index (χ1) is 12.7. The number of rotatable bonds is 7. The summed E-state index contributed by atoms with van der Waals surface area (Å²) >= 11 is 0. The molecule has 2 aromatic rings. The molecule has 26 heavy (non-hydrogen) atoms. The number of nitriles is 1. The lowest BCUT2D eigenvalue weighted by Gasteiger charge is -2.27. The van der Waals surface area contributed by atoms with Crippen molar-refractivity contribution in [3.8, 4) is 11.8 Å². The molecule has 1 aliphatic heterocycles. The van der Waals surface area contributed by atoms with Gasteiger partial charge in [0.2, 0.25) is 0 Å². The van der Waals surface area contributed by atoms with Crippen LogP contribution in [0.1, 0.15) is 36.5 Å². The molecule has 1 saturated heterocycles. The first-order valence-corrected chi connectivity index (χ1v) is 9.26. The lowest BCUT2D eigenvalue weighted by Crippen LogP contribution is -2.30. The maximum absolute atomic E-state index is 8.97. The van der Waals surface area contributed by atoms with E-state index in [2.05, 4.69) is 30.4 Å². The highest BCUT2D eigenvalue weighted by Gasteiger charge is 2.18. The Kier molecular flexibility index (Phi) is 6.65. The normalized spacial score (nSPS) is 19.7. The van der Waals surface area contributed by atoms with Gasteiger partial charge in [0.15, 0.2) is 0 Å². The summed E-state index contributed by atoms with van der Waals surface area (Å²) in [6.07, 6.45) is 2.66. The van der Waals surface area contributed by atoms with Crippen molar-refractivity contribution in [2.75, 3.05) is 13.2 Å². The molecular weight excluding hydrogens is 324 g/mol. The number of hydrogen-bond acceptors (Lipinski definition) is 4. The fraction of sp³-hybridized carbons (Fsp3) is 0.409. The van der Waals surface area contributed by atoms with Gasteiger partial charge >= 0.3 is 0 Å². The van der Waals surface area contributed by atoms with Gasteiger partial charge in [-0.3, -0.25) is 0 Å². The van der Waals surface area contributed by atoms with Crippen molar-refractivity contribution in [1.29, 1.82) is 5.26 Å². The van der Waals surface area contributed by atoms with Gasteiger partial charge in [-0.05, 0) is 67.6 Å². The number of nitrogens with zero attached hydrogens (tertiary/aromatic N) is 1. The molecule has 0 radical (unpaired) electrons. The van der Waals surface area contributed by atoms with Crippen molar-refractivity contribution in [3.63, 3.8) is 0 Å².